The predicted molar refractivity (Wildman–Crippen MR) is 102 cm³/mol. The Morgan fingerprint density at radius 1 is 1.23 bits per heavy atom. The lowest BCUT2D eigenvalue weighted by Crippen LogP contribution is -2.46. The summed E-state index contributed by atoms with van der Waals surface area (Å²) in [6, 6.07) is 11.0. The van der Waals surface area contributed by atoms with E-state index in [1.54, 1.807) is 26.8 Å². The van der Waals surface area contributed by atoms with Crippen molar-refractivity contribution < 1.29 is 18.7 Å². The highest BCUT2D eigenvalue weighted by Crippen LogP contribution is 2.14. The zero-order chi connectivity index (χ0) is 19.2. The Labute approximate surface area is 161 Å². The molecular formula is C19H23BrN2O4. The third-order valence-electron chi connectivity index (χ3n) is 3.38. The minimum absolute atomic E-state index is 0.245. The van der Waals surface area contributed by atoms with Crippen molar-refractivity contribution in [2.45, 2.75) is 38.8 Å². The van der Waals surface area contributed by atoms with Gasteiger partial charge in [-0.3, -0.25) is 4.79 Å². The molecule has 0 radical (unpaired) electrons. The first-order valence-corrected chi connectivity index (χ1v) is 9.08. The molecule has 6 nitrogen and oxygen atoms in total. The Morgan fingerprint density at radius 3 is 2.50 bits per heavy atom. The fourth-order valence-electron chi connectivity index (χ4n) is 2.29. The predicted octanol–water partition coefficient (Wildman–Crippen LogP) is 3.91. The van der Waals surface area contributed by atoms with E-state index >= 15 is 0 Å². The number of carbonyl (C=O) groups is 2. The molecule has 0 aliphatic heterocycles. The number of alkyl carbamates (subject to hydrolysis) is 1. The van der Waals surface area contributed by atoms with Crippen molar-refractivity contribution in [2.75, 3.05) is 6.54 Å². The fourth-order valence-corrected chi connectivity index (χ4v) is 2.63. The third kappa shape index (κ3) is 6.92. The molecule has 2 amide bonds. The van der Waals surface area contributed by atoms with Crippen molar-refractivity contribution in [3.8, 4) is 0 Å². The average Bonchev–Trinajstić information content (AvgIpc) is 2.98. The monoisotopic (exact) mass is 422 g/mol. The number of furan rings is 1. The molecule has 26 heavy (non-hydrogen) atoms. The number of hydrogen-bond donors (Lipinski definition) is 2. The molecule has 2 aromatic rings. The minimum Gasteiger partial charge on any atom is -0.457 e. The van der Waals surface area contributed by atoms with Crippen LogP contribution in [-0.2, 0) is 11.2 Å². The van der Waals surface area contributed by atoms with Gasteiger partial charge >= 0.3 is 6.09 Å². The van der Waals surface area contributed by atoms with Crippen molar-refractivity contribution >= 4 is 27.9 Å². The van der Waals surface area contributed by atoms with Crippen LogP contribution in [0.5, 0.6) is 0 Å². The lowest BCUT2D eigenvalue weighted by Gasteiger charge is -2.22. The van der Waals surface area contributed by atoms with Crippen molar-refractivity contribution in [1.29, 1.82) is 0 Å². The molecule has 7 heteroatoms. The van der Waals surface area contributed by atoms with Crippen LogP contribution in [0.1, 0.15) is 36.7 Å². The van der Waals surface area contributed by atoms with Crippen molar-refractivity contribution in [3.05, 3.63) is 58.5 Å². The van der Waals surface area contributed by atoms with Gasteiger partial charge in [-0.15, -0.1) is 0 Å². The van der Waals surface area contributed by atoms with Crippen molar-refractivity contribution in [2.24, 2.45) is 0 Å². The zero-order valence-corrected chi connectivity index (χ0v) is 16.6. The normalized spacial score (nSPS) is 12.3. The quantitative estimate of drug-likeness (QED) is 0.739. The molecule has 0 aliphatic rings. The highest BCUT2D eigenvalue weighted by Gasteiger charge is 2.20. The standard InChI is InChI=1S/C19H23BrN2O4/c1-19(2,3)26-18(24)21-11-15(9-13-7-5-4-6-8-13)22-17(23)14-10-16(20)25-12-14/h4-8,10,12,15H,9,11H2,1-3H3,(H,21,24)(H,22,23). The highest BCUT2D eigenvalue weighted by atomic mass is 79.9. The van der Waals surface area contributed by atoms with Gasteiger partial charge in [0.05, 0.1) is 11.6 Å². The van der Waals surface area contributed by atoms with Crippen molar-refractivity contribution in [3.63, 3.8) is 0 Å². The second kappa shape index (κ2) is 8.89. The average molecular weight is 423 g/mol. The number of amides is 2. The summed E-state index contributed by atoms with van der Waals surface area (Å²) in [6.07, 6.45) is 1.43. The SMILES string of the molecule is CC(C)(C)OC(=O)NCC(Cc1ccccc1)NC(=O)c1coc(Br)c1. The Kier molecular flexibility index (Phi) is 6.85. The maximum atomic E-state index is 12.4. The fraction of sp³-hybridized carbons (Fsp3) is 0.368. The number of benzene rings is 1. The van der Waals surface area contributed by atoms with Crippen LogP contribution in [0.3, 0.4) is 0 Å². The van der Waals surface area contributed by atoms with E-state index in [1.165, 1.54) is 6.26 Å². The van der Waals surface area contributed by atoms with E-state index in [4.69, 9.17) is 9.15 Å². The van der Waals surface area contributed by atoms with Crippen molar-refractivity contribution in [1.82, 2.24) is 10.6 Å². The second-order valence-corrected chi connectivity index (χ2v) is 7.66. The van der Waals surface area contributed by atoms with Crippen LogP contribution in [-0.4, -0.2) is 30.2 Å². The lowest BCUT2D eigenvalue weighted by atomic mass is 10.1. The number of rotatable bonds is 6. The van der Waals surface area contributed by atoms with Crippen LogP contribution < -0.4 is 10.6 Å². The molecule has 0 aliphatic carbocycles. The first kappa shape index (κ1) is 20.0. The van der Waals surface area contributed by atoms with Gasteiger partial charge in [-0.2, -0.15) is 0 Å². The number of ether oxygens (including phenoxy) is 1. The van der Waals surface area contributed by atoms with Gasteiger partial charge in [0, 0.05) is 12.6 Å². The highest BCUT2D eigenvalue weighted by molar-refractivity contribution is 9.10. The summed E-state index contributed by atoms with van der Waals surface area (Å²) in [7, 11) is 0. The van der Waals surface area contributed by atoms with Crippen LogP contribution in [0.4, 0.5) is 4.79 Å². The molecular weight excluding hydrogens is 400 g/mol. The Bertz CT molecular complexity index is 737. The second-order valence-electron chi connectivity index (χ2n) is 6.88. The summed E-state index contributed by atoms with van der Waals surface area (Å²) in [6.45, 7) is 5.64. The van der Waals surface area contributed by atoms with Crippen LogP contribution >= 0.6 is 15.9 Å². The summed E-state index contributed by atoms with van der Waals surface area (Å²) < 4.78 is 10.8. The molecule has 0 spiro atoms. The molecule has 1 aromatic carbocycles. The van der Waals surface area contributed by atoms with Gasteiger partial charge in [-0.25, -0.2) is 4.79 Å². The van der Waals surface area contributed by atoms with Crippen LogP contribution in [0.2, 0.25) is 0 Å². The van der Waals surface area contributed by atoms with Crippen LogP contribution in [0, 0.1) is 0 Å². The summed E-state index contributed by atoms with van der Waals surface area (Å²) in [5, 5.41) is 5.64. The molecule has 1 heterocycles. The smallest absolute Gasteiger partial charge is 0.407 e. The lowest BCUT2D eigenvalue weighted by molar-refractivity contribution is 0.0519. The van der Waals surface area contributed by atoms with E-state index in [0.29, 0.717) is 16.7 Å². The molecule has 1 atom stereocenters. The van der Waals surface area contributed by atoms with E-state index in [0.717, 1.165) is 5.56 Å². The molecule has 0 fully saturated rings. The first-order chi connectivity index (χ1) is 12.2. The van der Waals surface area contributed by atoms with E-state index in [2.05, 4.69) is 26.6 Å². The van der Waals surface area contributed by atoms with Gasteiger partial charge in [0.2, 0.25) is 0 Å². The molecule has 2 rings (SSSR count). The number of nitrogens with one attached hydrogen (secondary N) is 2. The molecule has 1 aromatic heterocycles. The van der Waals surface area contributed by atoms with Gasteiger partial charge in [0.15, 0.2) is 4.67 Å². The van der Waals surface area contributed by atoms with E-state index in [9.17, 15) is 9.59 Å². The summed E-state index contributed by atoms with van der Waals surface area (Å²) in [4.78, 5) is 24.3. The van der Waals surface area contributed by atoms with Gasteiger partial charge in [0.25, 0.3) is 5.91 Å². The molecule has 140 valence electrons. The Morgan fingerprint density at radius 2 is 1.92 bits per heavy atom. The number of halogens is 1. The molecule has 0 bridgehead atoms. The molecule has 0 saturated heterocycles. The van der Waals surface area contributed by atoms with E-state index in [-0.39, 0.29) is 18.5 Å². The van der Waals surface area contributed by atoms with Gasteiger partial charge in [0.1, 0.15) is 11.9 Å². The minimum atomic E-state index is -0.578. The summed E-state index contributed by atoms with van der Waals surface area (Å²) >= 11 is 3.18. The Hall–Kier alpha value is -2.28. The number of hydrogen-bond acceptors (Lipinski definition) is 4. The van der Waals surface area contributed by atoms with E-state index < -0.39 is 11.7 Å². The molecule has 1 unspecified atom stereocenters. The molecule has 2 N–H and O–H groups in total. The molecule has 0 saturated carbocycles. The third-order valence-corrected chi connectivity index (χ3v) is 3.80. The van der Waals surface area contributed by atoms with Crippen LogP contribution in [0.15, 0.2) is 51.7 Å². The maximum absolute atomic E-state index is 12.4. The largest absolute Gasteiger partial charge is 0.457 e. The maximum Gasteiger partial charge on any atom is 0.407 e. The topological polar surface area (TPSA) is 80.6 Å². The zero-order valence-electron chi connectivity index (χ0n) is 15.0. The van der Waals surface area contributed by atoms with E-state index in [1.807, 2.05) is 30.3 Å². The van der Waals surface area contributed by atoms with Crippen LogP contribution in [0.25, 0.3) is 0 Å². The van der Waals surface area contributed by atoms with Gasteiger partial charge in [-0.05, 0) is 48.7 Å². The first-order valence-electron chi connectivity index (χ1n) is 8.28. The van der Waals surface area contributed by atoms with Gasteiger partial charge < -0.3 is 19.8 Å². The Balaban J connectivity index is 2.01. The van der Waals surface area contributed by atoms with Gasteiger partial charge in [-0.1, -0.05) is 30.3 Å². The summed E-state index contributed by atoms with van der Waals surface area (Å²) in [5.74, 6) is -0.272. The number of carbonyl (C=O) groups excluding carboxylic acids is 2. The summed E-state index contributed by atoms with van der Waals surface area (Å²) in [5.41, 5.74) is 0.884.